The van der Waals surface area contributed by atoms with E-state index in [2.05, 4.69) is 5.16 Å². The van der Waals surface area contributed by atoms with Crippen LogP contribution in [0.4, 0.5) is 0 Å². The maximum atomic E-state index is 12.4. The first-order chi connectivity index (χ1) is 9.40. The Balaban J connectivity index is 1.99. The van der Waals surface area contributed by atoms with Gasteiger partial charge >= 0.3 is 0 Å². The lowest BCUT2D eigenvalue weighted by molar-refractivity contribution is -0.137. The Morgan fingerprint density at radius 2 is 2.20 bits per heavy atom. The third-order valence-electron chi connectivity index (χ3n) is 4.17. The van der Waals surface area contributed by atoms with Gasteiger partial charge in [0.2, 0.25) is 5.91 Å². The zero-order valence-corrected chi connectivity index (χ0v) is 12.3. The molecule has 1 heterocycles. The molecular formula is C14H23N3O3. The molecule has 20 heavy (non-hydrogen) atoms. The molecule has 0 saturated heterocycles. The fraction of sp³-hybridized carbons (Fsp3) is 0.714. The Morgan fingerprint density at radius 3 is 2.75 bits per heavy atom. The number of hydrogen-bond donors (Lipinski definition) is 2. The second-order valence-electron chi connectivity index (χ2n) is 5.74. The van der Waals surface area contributed by atoms with Crippen LogP contribution in [0.25, 0.3) is 0 Å². The normalized spacial score (nSPS) is 26.6. The van der Waals surface area contributed by atoms with Crippen LogP contribution in [0.15, 0.2) is 4.52 Å². The van der Waals surface area contributed by atoms with Crippen molar-refractivity contribution in [3.63, 3.8) is 0 Å². The largest absolute Gasteiger partial charge is 0.391 e. The topological polar surface area (TPSA) is 92.6 Å². The van der Waals surface area contributed by atoms with Crippen molar-refractivity contribution in [2.24, 2.45) is 11.7 Å². The second kappa shape index (κ2) is 5.93. The Morgan fingerprint density at radius 1 is 1.50 bits per heavy atom. The number of hydrogen-bond acceptors (Lipinski definition) is 5. The van der Waals surface area contributed by atoms with Crippen LogP contribution in [0.3, 0.4) is 0 Å². The molecule has 1 aromatic heterocycles. The van der Waals surface area contributed by atoms with Gasteiger partial charge in [-0.15, -0.1) is 0 Å². The molecule has 112 valence electrons. The van der Waals surface area contributed by atoms with Crippen LogP contribution < -0.4 is 5.73 Å². The van der Waals surface area contributed by atoms with Crippen LogP contribution >= 0.6 is 0 Å². The summed E-state index contributed by atoms with van der Waals surface area (Å²) in [6.45, 7) is 4.20. The zero-order valence-electron chi connectivity index (χ0n) is 12.3. The Labute approximate surface area is 118 Å². The molecule has 3 N–H and O–H groups in total. The minimum absolute atomic E-state index is 0.0518. The summed E-state index contributed by atoms with van der Waals surface area (Å²) in [6, 6.07) is -0.202. The molecule has 0 unspecified atom stereocenters. The molecule has 1 aliphatic rings. The number of rotatable bonds is 3. The molecule has 0 radical (unpaired) electrons. The van der Waals surface area contributed by atoms with Crippen LogP contribution in [0.1, 0.15) is 36.3 Å². The fourth-order valence-corrected chi connectivity index (χ4v) is 2.75. The Kier molecular flexibility index (Phi) is 4.45. The van der Waals surface area contributed by atoms with E-state index >= 15 is 0 Å². The number of aliphatic hydroxyl groups is 1. The van der Waals surface area contributed by atoms with Crippen molar-refractivity contribution >= 4 is 5.91 Å². The van der Waals surface area contributed by atoms with Gasteiger partial charge < -0.3 is 20.3 Å². The highest BCUT2D eigenvalue weighted by molar-refractivity contribution is 5.78. The lowest BCUT2D eigenvalue weighted by Crippen LogP contribution is -2.44. The fourth-order valence-electron chi connectivity index (χ4n) is 2.75. The molecule has 2 rings (SSSR count). The quantitative estimate of drug-likeness (QED) is 0.852. The minimum atomic E-state index is -0.579. The highest BCUT2D eigenvalue weighted by atomic mass is 16.5. The number of carbonyl (C=O) groups is 1. The molecule has 6 nitrogen and oxygen atoms in total. The van der Waals surface area contributed by atoms with Gasteiger partial charge in [-0.3, -0.25) is 4.79 Å². The number of aromatic nitrogens is 1. The van der Waals surface area contributed by atoms with E-state index < -0.39 is 6.10 Å². The van der Waals surface area contributed by atoms with Crippen LogP contribution in [-0.4, -0.2) is 40.3 Å². The number of amides is 1. The second-order valence-corrected chi connectivity index (χ2v) is 5.74. The standard InChI is InChI=1S/C14H23N3O3/c1-8-11(9(2)20-16-8)7-17(3)14(19)10-4-5-12(15)13(18)6-10/h10,12-13,18H,4-7,15H2,1-3H3/t10-,12-,13-/m0/s1. The van der Waals surface area contributed by atoms with E-state index in [9.17, 15) is 9.90 Å². The predicted molar refractivity (Wildman–Crippen MR) is 73.8 cm³/mol. The Hall–Kier alpha value is -1.40. The molecule has 1 fully saturated rings. The van der Waals surface area contributed by atoms with Crippen molar-refractivity contribution in [1.29, 1.82) is 0 Å². The first-order valence-corrected chi connectivity index (χ1v) is 7.00. The van der Waals surface area contributed by atoms with Gasteiger partial charge in [0.05, 0.1) is 18.3 Å². The smallest absolute Gasteiger partial charge is 0.225 e. The van der Waals surface area contributed by atoms with E-state index in [4.69, 9.17) is 10.3 Å². The SMILES string of the molecule is Cc1noc(C)c1CN(C)C(=O)[C@H]1CC[C@H](N)[C@@H](O)C1. The number of nitrogens with zero attached hydrogens (tertiary/aromatic N) is 2. The molecule has 1 aromatic rings. The molecule has 1 aliphatic carbocycles. The van der Waals surface area contributed by atoms with Crippen LogP contribution in [-0.2, 0) is 11.3 Å². The highest BCUT2D eigenvalue weighted by Gasteiger charge is 2.32. The molecular weight excluding hydrogens is 258 g/mol. The van der Waals surface area contributed by atoms with Gasteiger partial charge in [-0.05, 0) is 33.1 Å². The molecule has 0 aliphatic heterocycles. The highest BCUT2D eigenvalue weighted by Crippen LogP contribution is 2.26. The van der Waals surface area contributed by atoms with E-state index in [1.54, 1.807) is 11.9 Å². The molecule has 1 amide bonds. The summed E-state index contributed by atoms with van der Waals surface area (Å²) in [7, 11) is 1.77. The lowest BCUT2D eigenvalue weighted by atomic mass is 9.83. The maximum absolute atomic E-state index is 12.4. The first-order valence-electron chi connectivity index (χ1n) is 7.00. The third kappa shape index (κ3) is 3.02. The average Bonchev–Trinajstić information content (AvgIpc) is 2.72. The summed E-state index contributed by atoms with van der Waals surface area (Å²) >= 11 is 0. The van der Waals surface area contributed by atoms with Gasteiger partial charge in [0.25, 0.3) is 0 Å². The molecule has 3 atom stereocenters. The predicted octanol–water partition coefficient (Wildman–Crippen LogP) is 0.738. The summed E-state index contributed by atoms with van der Waals surface area (Å²) in [5.74, 6) is 0.652. The molecule has 1 saturated carbocycles. The number of nitrogens with two attached hydrogens (primary N) is 1. The zero-order chi connectivity index (χ0) is 14.9. The lowest BCUT2D eigenvalue weighted by Gasteiger charge is -2.32. The number of aliphatic hydroxyl groups excluding tert-OH is 1. The average molecular weight is 281 g/mol. The van der Waals surface area contributed by atoms with Crippen molar-refractivity contribution in [3.05, 3.63) is 17.0 Å². The van der Waals surface area contributed by atoms with Crippen molar-refractivity contribution in [2.75, 3.05) is 7.05 Å². The van der Waals surface area contributed by atoms with Crippen molar-refractivity contribution in [1.82, 2.24) is 10.1 Å². The van der Waals surface area contributed by atoms with Gasteiger partial charge in [0, 0.05) is 24.6 Å². The third-order valence-corrected chi connectivity index (χ3v) is 4.17. The number of carbonyl (C=O) groups excluding carboxylic acids is 1. The van der Waals surface area contributed by atoms with Gasteiger partial charge in [0.1, 0.15) is 5.76 Å². The molecule has 0 bridgehead atoms. The van der Waals surface area contributed by atoms with Gasteiger partial charge in [-0.1, -0.05) is 5.16 Å². The summed E-state index contributed by atoms with van der Waals surface area (Å²) in [6.07, 6.45) is 1.30. The van der Waals surface area contributed by atoms with Crippen LogP contribution in [0.2, 0.25) is 0 Å². The van der Waals surface area contributed by atoms with E-state index in [1.807, 2.05) is 13.8 Å². The summed E-state index contributed by atoms with van der Waals surface area (Å²) < 4.78 is 5.11. The van der Waals surface area contributed by atoms with Gasteiger partial charge in [-0.25, -0.2) is 0 Å². The Bertz CT molecular complexity index is 467. The summed E-state index contributed by atoms with van der Waals surface area (Å²) in [5, 5.41) is 13.7. The molecule has 6 heteroatoms. The molecule has 0 spiro atoms. The van der Waals surface area contributed by atoms with Crippen LogP contribution in [0.5, 0.6) is 0 Å². The van der Waals surface area contributed by atoms with Crippen molar-refractivity contribution in [3.8, 4) is 0 Å². The minimum Gasteiger partial charge on any atom is -0.391 e. The van der Waals surface area contributed by atoms with Gasteiger partial charge in [0.15, 0.2) is 0 Å². The summed E-state index contributed by atoms with van der Waals surface area (Å²) in [4.78, 5) is 14.1. The van der Waals surface area contributed by atoms with E-state index in [-0.39, 0.29) is 17.9 Å². The van der Waals surface area contributed by atoms with E-state index in [0.717, 1.165) is 23.4 Å². The van der Waals surface area contributed by atoms with Crippen molar-refractivity contribution < 1.29 is 14.4 Å². The van der Waals surface area contributed by atoms with Crippen LogP contribution in [0, 0.1) is 19.8 Å². The summed E-state index contributed by atoms with van der Waals surface area (Å²) in [5.41, 5.74) is 7.54. The molecule has 0 aromatic carbocycles. The number of aryl methyl sites for hydroxylation is 2. The van der Waals surface area contributed by atoms with Crippen molar-refractivity contribution in [2.45, 2.75) is 51.8 Å². The van der Waals surface area contributed by atoms with E-state index in [0.29, 0.717) is 19.4 Å². The maximum Gasteiger partial charge on any atom is 0.225 e. The first kappa shape index (κ1) is 15.0. The monoisotopic (exact) mass is 281 g/mol. The van der Waals surface area contributed by atoms with Gasteiger partial charge in [-0.2, -0.15) is 0 Å². The van der Waals surface area contributed by atoms with E-state index in [1.165, 1.54) is 0 Å².